The number of halogens is 2. The van der Waals surface area contributed by atoms with E-state index in [1.165, 1.54) is 12.3 Å². The number of H-pyrrole nitrogens is 1. The minimum atomic E-state index is -0.573. The van der Waals surface area contributed by atoms with Crippen LogP contribution in [0.2, 0.25) is 10.0 Å². The summed E-state index contributed by atoms with van der Waals surface area (Å²) in [4.78, 5) is 28.4. The molecular formula is C17H18Cl2N4O2. The van der Waals surface area contributed by atoms with Gasteiger partial charge < -0.3 is 20.9 Å². The van der Waals surface area contributed by atoms with Gasteiger partial charge in [-0.15, -0.1) is 0 Å². The first-order chi connectivity index (χ1) is 11.9. The second-order valence-electron chi connectivity index (χ2n) is 6.02. The van der Waals surface area contributed by atoms with E-state index in [2.05, 4.69) is 15.2 Å². The third kappa shape index (κ3) is 4.08. The van der Waals surface area contributed by atoms with Crippen LogP contribution in [0.1, 0.15) is 33.7 Å². The Hall–Kier alpha value is -2.18. The molecule has 1 fully saturated rings. The molecular weight excluding hydrogens is 363 g/mol. The maximum absolute atomic E-state index is 12.3. The molecule has 3 rings (SSSR count). The smallest absolute Gasteiger partial charge is 0.267 e. The molecule has 8 heteroatoms. The Labute approximate surface area is 155 Å². The van der Waals surface area contributed by atoms with Crippen molar-refractivity contribution in [3.63, 3.8) is 0 Å². The molecule has 1 aliphatic rings. The predicted octanol–water partition coefficient (Wildman–Crippen LogP) is 2.82. The van der Waals surface area contributed by atoms with E-state index in [-0.39, 0.29) is 17.5 Å². The number of rotatable bonds is 4. The van der Waals surface area contributed by atoms with Gasteiger partial charge in [-0.3, -0.25) is 9.59 Å². The zero-order valence-electron chi connectivity index (χ0n) is 13.4. The van der Waals surface area contributed by atoms with Crippen molar-refractivity contribution < 1.29 is 9.59 Å². The lowest BCUT2D eigenvalue weighted by atomic mass is 10.0. The van der Waals surface area contributed by atoms with Gasteiger partial charge in [0.2, 0.25) is 5.91 Å². The summed E-state index contributed by atoms with van der Waals surface area (Å²) in [6, 6.07) is 6.83. The minimum Gasteiger partial charge on any atom is -0.368 e. The SMILES string of the molecule is NC(=O)c1c[nH]c(C(=O)NC2CCCN(c3ccc(Cl)cc3Cl)C2)c1. The number of piperidine rings is 1. The van der Waals surface area contributed by atoms with Crippen LogP contribution >= 0.6 is 23.2 Å². The number of carbonyl (C=O) groups excluding carboxylic acids is 2. The molecule has 1 saturated heterocycles. The van der Waals surface area contributed by atoms with Gasteiger partial charge in [0.15, 0.2) is 0 Å². The molecule has 2 heterocycles. The highest BCUT2D eigenvalue weighted by Gasteiger charge is 2.24. The van der Waals surface area contributed by atoms with E-state index in [1.807, 2.05) is 6.07 Å². The second kappa shape index (κ2) is 7.37. The highest BCUT2D eigenvalue weighted by Crippen LogP contribution is 2.30. The summed E-state index contributed by atoms with van der Waals surface area (Å²) in [6.07, 6.45) is 3.23. The Morgan fingerprint density at radius 2 is 2.08 bits per heavy atom. The first kappa shape index (κ1) is 17.6. The molecule has 0 radical (unpaired) electrons. The summed E-state index contributed by atoms with van der Waals surface area (Å²) in [5.74, 6) is -0.835. The Kier molecular flexibility index (Phi) is 5.20. The van der Waals surface area contributed by atoms with Gasteiger partial charge in [-0.05, 0) is 37.1 Å². The number of hydrogen-bond donors (Lipinski definition) is 3. The average Bonchev–Trinajstić information content (AvgIpc) is 3.05. The van der Waals surface area contributed by atoms with Gasteiger partial charge in [-0.2, -0.15) is 0 Å². The third-order valence-electron chi connectivity index (χ3n) is 4.22. The first-order valence-electron chi connectivity index (χ1n) is 7.93. The van der Waals surface area contributed by atoms with Crippen LogP contribution in [0.4, 0.5) is 5.69 Å². The van der Waals surface area contributed by atoms with Crippen LogP contribution in [-0.4, -0.2) is 35.9 Å². The van der Waals surface area contributed by atoms with Gasteiger partial charge in [0, 0.05) is 30.4 Å². The molecule has 4 N–H and O–H groups in total. The third-order valence-corrected chi connectivity index (χ3v) is 4.76. The van der Waals surface area contributed by atoms with Gasteiger partial charge >= 0.3 is 0 Å². The van der Waals surface area contributed by atoms with Gasteiger partial charge in [0.1, 0.15) is 5.69 Å². The quantitative estimate of drug-likeness (QED) is 0.761. The number of primary amides is 1. The standard InChI is InChI=1S/C17H18Cl2N4O2/c18-11-3-4-15(13(19)7-11)23-5-1-2-12(9-23)22-17(25)14-6-10(8-21-14)16(20)24/h3-4,6-8,12,21H,1-2,5,9H2,(H2,20,24)(H,22,25). The topological polar surface area (TPSA) is 91.2 Å². The van der Waals surface area contributed by atoms with Crippen molar-refractivity contribution in [1.29, 1.82) is 0 Å². The summed E-state index contributed by atoms with van der Waals surface area (Å²) in [6.45, 7) is 1.51. The fourth-order valence-corrected chi connectivity index (χ4v) is 3.51. The highest BCUT2D eigenvalue weighted by molar-refractivity contribution is 6.36. The van der Waals surface area contributed by atoms with E-state index in [9.17, 15) is 9.59 Å². The van der Waals surface area contributed by atoms with Crippen molar-refractivity contribution in [3.05, 3.63) is 51.8 Å². The maximum Gasteiger partial charge on any atom is 0.267 e. The van der Waals surface area contributed by atoms with Gasteiger partial charge in [-0.25, -0.2) is 0 Å². The number of nitrogens with two attached hydrogens (primary N) is 1. The highest BCUT2D eigenvalue weighted by atomic mass is 35.5. The molecule has 0 bridgehead atoms. The predicted molar refractivity (Wildman–Crippen MR) is 98.5 cm³/mol. The minimum absolute atomic E-state index is 0.0201. The fourth-order valence-electron chi connectivity index (χ4n) is 2.98. The van der Waals surface area contributed by atoms with Crippen LogP contribution in [0.3, 0.4) is 0 Å². The molecule has 1 unspecified atom stereocenters. The van der Waals surface area contributed by atoms with Gasteiger partial charge in [0.25, 0.3) is 5.91 Å². The van der Waals surface area contributed by atoms with E-state index < -0.39 is 5.91 Å². The van der Waals surface area contributed by atoms with Crippen molar-refractivity contribution in [2.45, 2.75) is 18.9 Å². The van der Waals surface area contributed by atoms with E-state index in [0.717, 1.165) is 25.1 Å². The molecule has 6 nitrogen and oxygen atoms in total. The van der Waals surface area contributed by atoms with E-state index in [1.54, 1.807) is 12.1 Å². The number of aromatic nitrogens is 1. The van der Waals surface area contributed by atoms with Crippen molar-refractivity contribution in [2.24, 2.45) is 5.73 Å². The molecule has 1 aromatic heterocycles. The van der Waals surface area contributed by atoms with E-state index >= 15 is 0 Å². The molecule has 1 atom stereocenters. The summed E-state index contributed by atoms with van der Waals surface area (Å²) in [5, 5.41) is 4.17. The zero-order valence-corrected chi connectivity index (χ0v) is 14.9. The maximum atomic E-state index is 12.3. The lowest BCUT2D eigenvalue weighted by Crippen LogP contribution is -2.48. The van der Waals surface area contributed by atoms with Crippen molar-refractivity contribution in [1.82, 2.24) is 10.3 Å². The second-order valence-corrected chi connectivity index (χ2v) is 6.86. The largest absolute Gasteiger partial charge is 0.368 e. The van der Waals surface area contributed by atoms with Crippen LogP contribution in [-0.2, 0) is 0 Å². The number of carbonyl (C=O) groups is 2. The molecule has 2 amide bonds. The fraction of sp³-hybridized carbons (Fsp3) is 0.294. The molecule has 2 aromatic rings. The molecule has 0 saturated carbocycles. The Bertz CT molecular complexity index is 806. The Morgan fingerprint density at radius 1 is 1.28 bits per heavy atom. The van der Waals surface area contributed by atoms with E-state index in [4.69, 9.17) is 28.9 Å². The van der Waals surface area contributed by atoms with Crippen molar-refractivity contribution in [2.75, 3.05) is 18.0 Å². The molecule has 1 aliphatic heterocycles. The first-order valence-corrected chi connectivity index (χ1v) is 8.68. The number of anilines is 1. The van der Waals surface area contributed by atoms with Gasteiger partial charge in [0.05, 0.1) is 16.3 Å². The number of aromatic amines is 1. The lowest BCUT2D eigenvalue weighted by molar-refractivity contribution is 0.0928. The summed E-state index contributed by atoms with van der Waals surface area (Å²) in [7, 11) is 0. The van der Waals surface area contributed by atoms with Crippen LogP contribution in [0, 0.1) is 0 Å². The number of nitrogens with one attached hydrogen (secondary N) is 2. The zero-order chi connectivity index (χ0) is 18.0. The molecule has 25 heavy (non-hydrogen) atoms. The lowest BCUT2D eigenvalue weighted by Gasteiger charge is -2.35. The number of nitrogens with zero attached hydrogens (tertiary/aromatic N) is 1. The number of amides is 2. The molecule has 1 aromatic carbocycles. The normalized spacial score (nSPS) is 17.4. The average molecular weight is 381 g/mol. The summed E-state index contributed by atoms with van der Waals surface area (Å²) >= 11 is 12.2. The van der Waals surface area contributed by atoms with Crippen LogP contribution in [0.15, 0.2) is 30.5 Å². The Morgan fingerprint density at radius 3 is 2.76 bits per heavy atom. The van der Waals surface area contributed by atoms with Crippen LogP contribution < -0.4 is 16.0 Å². The van der Waals surface area contributed by atoms with E-state index in [0.29, 0.717) is 22.3 Å². The van der Waals surface area contributed by atoms with Crippen molar-refractivity contribution >= 4 is 40.7 Å². The van der Waals surface area contributed by atoms with Crippen molar-refractivity contribution in [3.8, 4) is 0 Å². The summed E-state index contributed by atoms with van der Waals surface area (Å²) < 4.78 is 0. The van der Waals surface area contributed by atoms with Gasteiger partial charge in [-0.1, -0.05) is 23.2 Å². The molecule has 0 spiro atoms. The number of benzene rings is 1. The molecule has 132 valence electrons. The van der Waals surface area contributed by atoms with Crippen LogP contribution in [0.5, 0.6) is 0 Å². The number of hydrogen-bond acceptors (Lipinski definition) is 3. The Balaban J connectivity index is 1.66. The summed E-state index contributed by atoms with van der Waals surface area (Å²) in [5.41, 5.74) is 6.70. The van der Waals surface area contributed by atoms with Crippen LogP contribution in [0.25, 0.3) is 0 Å². The monoisotopic (exact) mass is 380 g/mol. The molecule has 0 aliphatic carbocycles.